The zero-order chi connectivity index (χ0) is 14.4. The van der Waals surface area contributed by atoms with Crippen LogP contribution >= 0.6 is 11.8 Å². The Kier molecular flexibility index (Phi) is 3.34. The van der Waals surface area contributed by atoms with E-state index in [-0.39, 0.29) is 17.0 Å². The second-order valence-corrected chi connectivity index (χ2v) is 7.85. The largest absolute Gasteiger partial charge is 0.368 e. The molecule has 1 aromatic carbocycles. The minimum Gasteiger partial charge on any atom is -0.368 e. The average Bonchev–Trinajstić information content (AvgIpc) is 3.01. The first-order valence-corrected chi connectivity index (χ1v) is 8.76. The summed E-state index contributed by atoms with van der Waals surface area (Å²) in [6, 6.07) is 10.6. The van der Waals surface area contributed by atoms with Crippen LogP contribution in [0.1, 0.15) is 32.6 Å². The van der Waals surface area contributed by atoms with Gasteiger partial charge in [-0.15, -0.1) is 11.8 Å². The smallest absolute Gasteiger partial charge is 0.174 e. The first kappa shape index (κ1) is 14.1. The van der Waals surface area contributed by atoms with Crippen LogP contribution in [0.4, 0.5) is 0 Å². The van der Waals surface area contributed by atoms with E-state index in [1.165, 1.54) is 4.90 Å². The minimum atomic E-state index is -0.388. The van der Waals surface area contributed by atoms with Gasteiger partial charge in [-0.3, -0.25) is 0 Å². The molecule has 0 unspecified atom stereocenters. The number of ether oxygens (including phenoxy) is 3. The molecule has 1 spiro atoms. The van der Waals surface area contributed by atoms with Crippen LogP contribution in [0.25, 0.3) is 0 Å². The van der Waals surface area contributed by atoms with Gasteiger partial charge in [-0.1, -0.05) is 18.2 Å². The van der Waals surface area contributed by atoms with Crippen LogP contribution in [0.2, 0.25) is 0 Å². The molecule has 4 heteroatoms. The summed E-state index contributed by atoms with van der Waals surface area (Å²) in [6.07, 6.45) is 3.96. The fourth-order valence-electron chi connectivity index (χ4n) is 4.07. The van der Waals surface area contributed by atoms with Crippen LogP contribution in [0, 0.1) is 0 Å². The third kappa shape index (κ3) is 2.63. The molecule has 21 heavy (non-hydrogen) atoms. The number of thioether (sulfide) groups is 1. The highest BCUT2D eigenvalue weighted by Gasteiger charge is 2.60. The van der Waals surface area contributed by atoms with E-state index in [2.05, 4.69) is 37.3 Å². The van der Waals surface area contributed by atoms with Gasteiger partial charge in [-0.25, -0.2) is 0 Å². The molecule has 3 fully saturated rings. The van der Waals surface area contributed by atoms with Crippen molar-refractivity contribution in [3.05, 3.63) is 30.3 Å². The van der Waals surface area contributed by atoms with Crippen molar-refractivity contribution in [1.82, 2.24) is 0 Å². The molecule has 3 saturated heterocycles. The standard InChI is InChI=1S/C17H22O3S/c1-15-7-8-16(20-15,12-17(11-15)18-9-10-19-17)13-21-14-5-3-2-4-6-14/h2-6H,7-13H2,1H3/t15-,16+/m1/s1. The van der Waals surface area contributed by atoms with Crippen molar-refractivity contribution in [2.75, 3.05) is 19.0 Å². The van der Waals surface area contributed by atoms with Crippen molar-refractivity contribution in [1.29, 1.82) is 0 Å². The minimum absolute atomic E-state index is 0.0835. The van der Waals surface area contributed by atoms with Crippen molar-refractivity contribution in [2.24, 2.45) is 0 Å². The highest BCUT2D eigenvalue weighted by atomic mass is 32.2. The molecule has 2 atom stereocenters. The molecule has 0 N–H and O–H groups in total. The van der Waals surface area contributed by atoms with Gasteiger partial charge < -0.3 is 14.2 Å². The maximum atomic E-state index is 6.50. The Labute approximate surface area is 130 Å². The molecule has 2 bridgehead atoms. The summed E-state index contributed by atoms with van der Waals surface area (Å²) in [5.41, 5.74) is -0.183. The third-order valence-corrected chi connectivity index (χ3v) is 6.14. The zero-order valence-electron chi connectivity index (χ0n) is 12.5. The molecule has 0 amide bonds. The molecular weight excluding hydrogens is 284 g/mol. The maximum Gasteiger partial charge on any atom is 0.174 e. The average molecular weight is 306 g/mol. The molecule has 3 aliphatic heterocycles. The summed E-state index contributed by atoms with van der Waals surface area (Å²) < 4.78 is 18.5. The Morgan fingerprint density at radius 2 is 1.81 bits per heavy atom. The highest BCUT2D eigenvalue weighted by molar-refractivity contribution is 7.99. The Hall–Kier alpha value is -0.550. The summed E-state index contributed by atoms with van der Waals surface area (Å²) >= 11 is 1.88. The van der Waals surface area contributed by atoms with Crippen LogP contribution in [0.5, 0.6) is 0 Å². The van der Waals surface area contributed by atoms with Gasteiger partial charge in [0.2, 0.25) is 0 Å². The predicted molar refractivity (Wildman–Crippen MR) is 82.5 cm³/mol. The van der Waals surface area contributed by atoms with E-state index in [1.807, 2.05) is 11.8 Å². The molecule has 3 heterocycles. The molecule has 114 valence electrons. The van der Waals surface area contributed by atoms with Crippen molar-refractivity contribution < 1.29 is 14.2 Å². The summed E-state index contributed by atoms with van der Waals surface area (Å²) in [7, 11) is 0. The molecule has 0 aliphatic carbocycles. The fraction of sp³-hybridized carbons (Fsp3) is 0.647. The Morgan fingerprint density at radius 1 is 1.05 bits per heavy atom. The van der Waals surface area contributed by atoms with E-state index in [0.29, 0.717) is 0 Å². The molecular formula is C17H22O3S. The van der Waals surface area contributed by atoms with Crippen LogP contribution in [-0.2, 0) is 14.2 Å². The van der Waals surface area contributed by atoms with E-state index in [1.54, 1.807) is 0 Å². The lowest BCUT2D eigenvalue weighted by atomic mass is 9.89. The van der Waals surface area contributed by atoms with Gasteiger partial charge in [0.1, 0.15) is 0 Å². The SMILES string of the molecule is C[C@@]12CC[C@@](CSc3ccccc3)(CC3(C1)OCCO3)O2. The van der Waals surface area contributed by atoms with Gasteiger partial charge in [0.15, 0.2) is 5.79 Å². The molecule has 0 aromatic heterocycles. The first-order valence-electron chi connectivity index (χ1n) is 7.77. The zero-order valence-corrected chi connectivity index (χ0v) is 13.3. The molecule has 0 radical (unpaired) electrons. The van der Waals surface area contributed by atoms with Crippen molar-refractivity contribution in [3.63, 3.8) is 0 Å². The van der Waals surface area contributed by atoms with Crippen LogP contribution in [0.3, 0.4) is 0 Å². The monoisotopic (exact) mass is 306 g/mol. The first-order chi connectivity index (χ1) is 10.1. The van der Waals surface area contributed by atoms with E-state index >= 15 is 0 Å². The Bertz CT molecular complexity index is 514. The summed E-state index contributed by atoms with van der Waals surface area (Å²) in [5.74, 6) is 0.585. The molecule has 3 nitrogen and oxygen atoms in total. The highest BCUT2D eigenvalue weighted by Crippen LogP contribution is 2.55. The van der Waals surface area contributed by atoms with E-state index < -0.39 is 0 Å². The van der Waals surface area contributed by atoms with E-state index in [4.69, 9.17) is 14.2 Å². The van der Waals surface area contributed by atoms with Gasteiger partial charge >= 0.3 is 0 Å². The Morgan fingerprint density at radius 3 is 2.57 bits per heavy atom. The van der Waals surface area contributed by atoms with Gasteiger partial charge in [-0.05, 0) is 31.9 Å². The molecule has 1 aromatic rings. The second-order valence-electron chi connectivity index (χ2n) is 6.80. The van der Waals surface area contributed by atoms with Gasteiger partial charge in [0, 0.05) is 23.5 Å². The van der Waals surface area contributed by atoms with Crippen LogP contribution < -0.4 is 0 Å². The number of fused-ring (bicyclic) bond motifs is 2. The van der Waals surface area contributed by atoms with Gasteiger partial charge in [0.05, 0.1) is 24.4 Å². The lowest BCUT2D eigenvalue weighted by Crippen LogP contribution is -2.53. The van der Waals surface area contributed by atoms with E-state index in [0.717, 1.165) is 44.6 Å². The van der Waals surface area contributed by atoms with Crippen molar-refractivity contribution >= 4 is 11.8 Å². The van der Waals surface area contributed by atoms with Crippen molar-refractivity contribution in [2.45, 2.75) is 54.5 Å². The van der Waals surface area contributed by atoms with E-state index in [9.17, 15) is 0 Å². The number of hydrogen-bond acceptors (Lipinski definition) is 4. The molecule has 4 rings (SSSR count). The van der Waals surface area contributed by atoms with Gasteiger partial charge in [0.25, 0.3) is 0 Å². The predicted octanol–water partition coefficient (Wildman–Crippen LogP) is 3.62. The number of rotatable bonds is 3. The third-order valence-electron chi connectivity index (χ3n) is 4.87. The second kappa shape index (κ2) is 4.98. The van der Waals surface area contributed by atoms with Crippen LogP contribution in [0.15, 0.2) is 35.2 Å². The summed E-state index contributed by atoms with van der Waals surface area (Å²) in [4.78, 5) is 1.30. The van der Waals surface area contributed by atoms with Gasteiger partial charge in [-0.2, -0.15) is 0 Å². The lowest BCUT2D eigenvalue weighted by Gasteiger charge is -2.46. The maximum absolute atomic E-state index is 6.50. The molecule has 0 saturated carbocycles. The van der Waals surface area contributed by atoms with Crippen molar-refractivity contribution in [3.8, 4) is 0 Å². The fourth-order valence-corrected chi connectivity index (χ4v) is 5.16. The topological polar surface area (TPSA) is 27.7 Å². The normalized spacial score (nSPS) is 37.2. The Balaban J connectivity index is 1.52. The summed E-state index contributed by atoms with van der Waals surface area (Å²) in [5, 5.41) is 0. The number of hydrogen-bond donors (Lipinski definition) is 0. The number of benzene rings is 1. The summed E-state index contributed by atoms with van der Waals surface area (Å²) in [6.45, 7) is 3.66. The van der Waals surface area contributed by atoms with Crippen LogP contribution in [-0.4, -0.2) is 36.0 Å². The lowest BCUT2D eigenvalue weighted by molar-refractivity contribution is -0.269. The molecule has 3 aliphatic rings. The quantitative estimate of drug-likeness (QED) is 0.797.